The zero-order valence-electron chi connectivity index (χ0n) is 16.6. The lowest BCUT2D eigenvalue weighted by Crippen LogP contribution is -2.52. The van der Waals surface area contributed by atoms with Crippen molar-refractivity contribution in [2.75, 3.05) is 6.61 Å². The third kappa shape index (κ3) is 2.54. The summed E-state index contributed by atoms with van der Waals surface area (Å²) < 4.78 is 0. The number of hydrogen-bond donors (Lipinski definition) is 3. The number of nitrogens with zero attached hydrogens (tertiary/aromatic N) is 2. The van der Waals surface area contributed by atoms with Crippen LogP contribution in [0.3, 0.4) is 0 Å². The number of aliphatic hydroxyl groups is 1. The van der Waals surface area contributed by atoms with Crippen LogP contribution in [0.1, 0.15) is 52.9 Å². The van der Waals surface area contributed by atoms with Crippen LogP contribution in [0.4, 0.5) is 0 Å². The van der Waals surface area contributed by atoms with Crippen molar-refractivity contribution < 1.29 is 15.5 Å². The van der Waals surface area contributed by atoms with Gasteiger partial charge in [0.15, 0.2) is 0 Å². The fraction of sp³-hybridized carbons (Fsp3) is 0.727. The summed E-state index contributed by atoms with van der Waals surface area (Å²) >= 11 is 0. The van der Waals surface area contributed by atoms with Crippen molar-refractivity contribution >= 4 is 11.4 Å². The Bertz CT molecular complexity index is 740. The average molecular weight is 373 g/mol. The van der Waals surface area contributed by atoms with Gasteiger partial charge in [0.25, 0.3) is 0 Å². The number of allylic oxidation sites excluding steroid dienone is 4. The second kappa shape index (κ2) is 6.47. The Balaban J connectivity index is 1.69. The van der Waals surface area contributed by atoms with E-state index in [4.69, 9.17) is 0 Å². The van der Waals surface area contributed by atoms with E-state index in [2.05, 4.69) is 43.2 Å². The first-order chi connectivity index (χ1) is 12.9. The molecular formula is C22H32N2O3. The molecule has 0 amide bonds. The smallest absolute Gasteiger partial charge is 0.102 e. The third-order valence-corrected chi connectivity index (χ3v) is 8.70. The molecule has 0 radical (unpaired) electrons. The Kier molecular flexibility index (Phi) is 4.49. The van der Waals surface area contributed by atoms with Gasteiger partial charge in [0.2, 0.25) is 0 Å². The van der Waals surface area contributed by atoms with Crippen molar-refractivity contribution in [3.8, 4) is 0 Å². The zero-order valence-corrected chi connectivity index (χ0v) is 16.6. The summed E-state index contributed by atoms with van der Waals surface area (Å²) in [5, 5.41) is 35.1. The molecule has 0 bridgehead atoms. The molecule has 0 aromatic carbocycles. The molecule has 5 heteroatoms. The summed E-state index contributed by atoms with van der Waals surface area (Å²) in [6.07, 6.45) is 11.9. The lowest BCUT2D eigenvalue weighted by atomic mass is 9.46. The summed E-state index contributed by atoms with van der Waals surface area (Å²) in [5.41, 5.74) is 2.77. The molecule has 4 aliphatic rings. The minimum Gasteiger partial charge on any atom is -0.411 e. The second-order valence-corrected chi connectivity index (χ2v) is 9.68. The maximum atomic E-state index is 9.67. The van der Waals surface area contributed by atoms with Gasteiger partial charge in [-0.1, -0.05) is 42.7 Å². The van der Waals surface area contributed by atoms with Crippen molar-refractivity contribution in [1.29, 1.82) is 0 Å². The summed E-state index contributed by atoms with van der Waals surface area (Å²) in [6.45, 7) is 6.88. The molecule has 3 saturated carbocycles. The molecule has 3 N–H and O–H groups in total. The van der Waals surface area contributed by atoms with Gasteiger partial charge in [0.1, 0.15) is 5.71 Å². The zero-order chi connectivity index (χ0) is 19.4. The van der Waals surface area contributed by atoms with Gasteiger partial charge >= 0.3 is 0 Å². The Hall–Kier alpha value is -1.62. The normalized spacial score (nSPS) is 48.0. The van der Waals surface area contributed by atoms with E-state index in [-0.39, 0.29) is 23.4 Å². The highest BCUT2D eigenvalue weighted by Gasteiger charge is 2.60. The second-order valence-electron chi connectivity index (χ2n) is 9.68. The van der Waals surface area contributed by atoms with Gasteiger partial charge in [-0.3, -0.25) is 0 Å². The molecule has 5 unspecified atom stereocenters. The third-order valence-electron chi connectivity index (χ3n) is 8.70. The highest BCUT2D eigenvalue weighted by atomic mass is 16.4. The Morgan fingerprint density at radius 3 is 2.63 bits per heavy atom. The van der Waals surface area contributed by atoms with Crippen LogP contribution in [0.25, 0.3) is 0 Å². The summed E-state index contributed by atoms with van der Waals surface area (Å²) in [7, 11) is 0. The SMILES string of the molecule is C[C@H]1CC2C3CCC(/C(CO)=N/O)C3(C)CC[C@@H]2C2(C)C=C/C(=N\O)C=C12. The molecule has 3 fully saturated rings. The van der Waals surface area contributed by atoms with E-state index in [1.165, 1.54) is 5.57 Å². The fourth-order valence-corrected chi connectivity index (χ4v) is 7.45. The number of aliphatic hydroxyl groups excluding tert-OH is 1. The molecule has 27 heavy (non-hydrogen) atoms. The number of rotatable bonds is 2. The molecule has 0 aromatic heterocycles. The van der Waals surface area contributed by atoms with Crippen LogP contribution < -0.4 is 0 Å². The number of oxime groups is 2. The Morgan fingerprint density at radius 2 is 1.96 bits per heavy atom. The van der Waals surface area contributed by atoms with Gasteiger partial charge in [0, 0.05) is 11.3 Å². The van der Waals surface area contributed by atoms with Crippen LogP contribution >= 0.6 is 0 Å². The summed E-state index contributed by atoms with van der Waals surface area (Å²) in [5.74, 6) is 2.49. The van der Waals surface area contributed by atoms with Crippen LogP contribution in [0.2, 0.25) is 0 Å². The molecule has 0 spiro atoms. The van der Waals surface area contributed by atoms with Crippen molar-refractivity contribution in [3.63, 3.8) is 0 Å². The van der Waals surface area contributed by atoms with Gasteiger partial charge in [-0.25, -0.2) is 0 Å². The van der Waals surface area contributed by atoms with E-state index in [0.29, 0.717) is 35.1 Å². The lowest BCUT2D eigenvalue weighted by Gasteiger charge is -2.58. The van der Waals surface area contributed by atoms with Gasteiger partial charge in [-0.15, -0.1) is 0 Å². The van der Waals surface area contributed by atoms with Crippen LogP contribution in [-0.4, -0.2) is 33.6 Å². The fourth-order valence-electron chi connectivity index (χ4n) is 7.45. The first-order valence-corrected chi connectivity index (χ1v) is 10.3. The average Bonchev–Trinajstić information content (AvgIpc) is 3.00. The van der Waals surface area contributed by atoms with E-state index in [1.54, 1.807) is 0 Å². The molecule has 0 saturated heterocycles. The topological polar surface area (TPSA) is 85.4 Å². The standard InChI is InChI=1S/C22H32N2O3/c1-13-10-15-16-4-5-18(20(12-25)24-27)21(16,2)9-7-17(15)22(3)8-6-14(23-26)11-19(13)22/h6,8,11,13,15-18,25-27H,4-5,7,9-10,12H2,1-3H3/b23-14+,24-20+/t13-,15?,16?,17-,18?,21?,22?/m0/s1. The predicted molar refractivity (Wildman–Crippen MR) is 105 cm³/mol. The number of hydrogen-bond acceptors (Lipinski definition) is 5. The van der Waals surface area contributed by atoms with E-state index < -0.39 is 0 Å². The molecule has 0 heterocycles. The van der Waals surface area contributed by atoms with Gasteiger partial charge in [-0.05, 0) is 73.3 Å². The molecule has 7 atom stereocenters. The van der Waals surface area contributed by atoms with Crippen LogP contribution in [0.5, 0.6) is 0 Å². The predicted octanol–water partition coefficient (Wildman–Crippen LogP) is 4.24. The molecule has 4 rings (SSSR count). The highest BCUT2D eigenvalue weighted by Crippen LogP contribution is 2.66. The minimum absolute atomic E-state index is 0.0286. The molecule has 5 nitrogen and oxygen atoms in total. The van der Waals surface area contributed by atoms with Gasteiger partial charge < -0.3 is 15.5 Å². The number of fused-ring (bicyclic) bond motifs is 5. The van der Waals surface area contributed by atoms with Crippen molar-refractivity contribution in [1.82, 2.24) is 0 Å². The monoisotopic (exact) mass is 372 g/mol. The van der Waals surface area contributed by atoms with Crippen molar-refractivity contribution in [2.24, 2.45) is 50.7 Å². The molecule has 0 aliphatic heterocycles. The molecule has 4 aliphatic carbocycles. The van der Waals surface area contributed by atoms with E-state index >= 15 is 0 Å². The summed E-state index contributed by atoms with van der Waals surface area (Å²) in [6, 6.07) is 0. The Labute approximate surface area is 161 Å². The van der Waals surface area contributed by atoms with Gasteiger partial charge in [-0.2, -0.15) is 0 Å². The highest BCUT2D eigenvalue weighted by molar-refractivity contribution is 6.05. The van der Waals surface area contributed by atoms with Crippen LogP contribution in [-0.2, 0) is 0 Å². The van der Waals surface area contributed by atoms with Crippen molar-refractivity contribution in [3.05, 3.63) is 23.8 Å². The van der Waals surface area contributed by atoms with E-state index in [1.807, 2.05) is 6.08 Å². The van der Waals surface area contributed by atoms with E-state index in [0.717, 1.165) is 32.1 Å². The molecular weight excluding hydrogens is 340 g/mol. The lowest BCUT2D eigenvalue weighted by molar-refractivity contribution is -0.0346. The van der Waals surface area contributed by atoms with Crippen LogP contribution in [0, 0.1) is 40.4 Å². The summed E-state index contributed by atoms with van der Waals surface area (Å²) in [4.78, 5) is 0. The van der Waals surface area contributed by atoms with E-state index in [9.17, 15) is 15.5 Å². The molecule has 148 valence electrons. The van der Waals surface area contributed by atoms with Crippen LogP contribution in [0.15, 0.2) is 34.1 Å². The van der Waals surface area contributed by atoms with Crippen molar-refractivity contribution in [2.45, 2.75) is 52.9 Å². The van der Waals surface area contributed by atoms with Gasteiger partial charge in [0.05, 0.1) is 12.3 Å². The minimum atomic E-state index is -0.148. The Morgan fingerprint density at radius 1 is 1.19 bits per heavy atom. The quantitative estimate of drug-likeness (QED) is 0.385. The first kappa shape index (κ1) is 18.7. The maximum absolute atomic E-state index is 9.67. The first-order valence-electron chi connectivity index (χ1n) is 10.3. The largest absolute Gasteiger partial charge is 0.411 e. The molecule has 0 aromatic rings. The maximum Gasteiger partial charge on any atom is 0.102 e.